The third-order valence-electron chi connectivity index (χ3n) is 2.16. The van der Waals surface area contributed by atoms with Gasteiger partial charge in [-0.05, 0) is 30.2 Å². The van der Waals surface area contributed by atoms with Crippen molar-refractivity contribution in [2.45, 2.75) is 6.92 Å². The molecule has 0 radical (unpaired) electrons. The molecule has 1 aromatic rings. The van der Waals surface area contributed by atoms with Gasteiger partial charge in [-0.15, -0.1) is 0 Å². The number of nitrogen functional groups attached to an aromatic ring is 1. The molecule has 80 valence electrons. The van der Waals surface area contributed by atoms with Crippen LogP contribution in [0.25, 0.3) is 6.08 Å². The molecule has 0 aliphatic carbocycles. The molecule has 0 aliphatic rings. The third kappa shape index (κ3) is 3.13. The van der Waals surface area contributed by atoms with Gasteiger partial charge >= 0.3 is 0 Å². The lowest BCUT2D eigenvalue weighted by atomic mass is 10.1. The molecule has 15 heavy (non-hydrogen) atoms. The number of hydrogen-bond donors (Lipinski definition) is 1. The third-order valence-corrected chi connectivity index (χ3v) is 2.16. The van der Waals surface area contributed by atoms with Crippen LogP contribution in [0.4, 0.5) is 5.69 Å². The van der Waals surface area contributed by atoms with E-state index in [1.165, 1.54) is 11.0 Å². The molecule has 0 fully saturated rings. The number of carbonyl (C=O) groups is 1. The molecule has 1 rings (SSSR count). The Morgan fingerprint density at radius 1 is 1.40 bits per heavy atom. The molecule has 0 spiro atoms. The molecule has 0 atom stereocenters. The Balaban J connectivity index is 2.81. The summed E-state index contributed by atoms with van der Waals surface area (Å²) in [6.45, 7) is 1.95. The highest BCUT2D eigenvalue weighted by Crippen LogP contribution is 2.13. The van der Waals surface area contributed by atoms with E-state index in [0.717, 1.165) is 16.8 Å². The molecule has 1 amide bonds. The molecule has 0 aromatic heterocycles. The van der Waals surface area contributed by atoms with E-state index in [-0.39, 0.29) is 5.91 Å². The van der Waals surface area contributed by atoms with E-state index in [1.807, 2.05) is 25.1 Å². The van der Waals surface area contributed by atoms with Gasteiger partial charge in [0.1, 0.15) is 0 Å². The lowest BCUT2D eigenvalue weighted by Gasteiger charge is -2.05. The van der Waals surface area contributed by atoms with Crippen molar-refractivity contribution in [1.82, 2.24) is 4.90 Å². The summed E-state index contributed by atoms with van der Waals surface area (Å²) in [7, 11) is 3.44. The van der Waals surface area contributed by atoms with Crippen LogP contribution in [0, 0.1) is 6.92 Å². The maximum atomic E-state index is 11.3. The zero-order chi connectivity index (χ0) is 11.4. The predicted molar refractivity (Wildman–Crippen MR) is 63.3 cm³/mol. The number of likely N-dealkylation sites (N-methyl/N-ethyl adjacent to an activating group) is 1. The van der Waals surface area contributed by atoms with Gasteiger partial charge in [0, 0.05) is 25.9 Å². The van der Waals surface area contributed by atoms with Crippen molar-refractivity contribution in [3.8, 4) is 0 Å². The van der Waals surface area contributed by atoms with E-state index < -0.39 is 0 Å². The van der Waals surface area contributed by atoms with Crippen LogP contribution in [0.5, 0.6) is 0 Å². The van der Waals surface area contributed by atoms with Crippen molar-refractivity contribution in [3.05, 3.63) is 35.4 Å². The van der Waals surface area contributed by atoms with Gasteiger partial charge in [-0.2, -0.15) is 0 Å². The molecule has 0 unspecified atom stereocenters. The molecule has 3 heteroatoms. The zero-order valence-electron chi connectivity index (χ0n) is 9.32. The summed E-state index contributed by atoms with van der Waals surface area (Å²) in [5.41, 5.74) is 8.49. The molecule has 0 saturated heterocycles. The molecule has 0 bridgehead atoms. The van der Waals surface area contributed by atoms with E-state index >= 15 is 0 Å². The van der Waals surface area contributed by atoms with Gasteiger partial charge < -0.3 is 10.6 Å². The predicted octanol–water partition coefficient (Wildman–Crippen LogP) is 1.68. The fraction of sp³-hybridized carbons (Fsp3) is 0.250. The van der Waals surface area contributed by atoms with E-state index in [4.69, 9.17) is 5.73 Å². The van der Waals surface area contributed by atoms with E-state index in [9.17, 15) is 4.79 Å². The summed E-state index contributed by atoms with van der Waals surface area (Å²) in [4.78, 5) is 12.8. The Hall–Kier alpha value is -1.77. The van der Waals surface area contributed by atoms with Crippen molar-refractivity contribution in [3.63, 3.8) is 0 Å². The molecule has 3 nitrogen and oxygen atoms in total. The zero-order valence-corrected chi connectivity index (χ0v) is 9.32. The first-order valence-electron chi connectivity index (χ1n) is 4.76. The van der Waals surface area contributed by atoms with Gasteiger partial charge in [-0.1, -0.05) is 12.1 Å². The summed E-state index contributed by atoms with van der Waals surface area (Å²) < 4.78 is 0. The van der Waals surface area contributed by atoms with Crippen LogP contribution >= 0.6 is 0 Å². The van der Waals surface area contributed by atoms with Gasteiger partial charge in [0.2, 0.25) is 5.91 Å². The molecule has 1 aromatic carbocycles. The van der Waals surface area contributed by atoms with Crippen LogP contribution < -0.4 is 5.73 Å². The number of nitrogens with zero attached hydrogens (tertiary/aromatic N) is 1. The van der Waals surface area contributed by atoms with Crippen LogP contribution in [0.15, 0.2) is 24.3 Å². The highest BCUT2D eigenvalue weighted by molar-refractivity contribution is 5.91. The number of benzene rings is 1. The second-order valence-corrected chi connectivity index (χ2v) is 3.68. The van der Waals surface area contributed by atoms with Gasteiger partial charge in [-0.25, -0.2) is 0 Å². The minimum Gasteiger partial charge on any atom is -0.398 e. The molecular weight excluding hydrogens is 188 g/mol. The van der Waals surface area contributed by atoms with Gasteiger partial charge in [0.25, 0.3) is 0 Å². The minimum absolute atomic E-state index is 0.0332. The summed E-state index contributed by atoms with van der Waals surface area (Å²) in [6, 6.07) is 5.73. The topological polar surface area (TPSA) is 46.3 Å². The van der Waals surface area contributed by atoms with Crippen LogP contribution in [-0.4, -0.2) is 24.9 Å². The van der Waals surface area contributed by atoms with Gasteiger partial charge in [-0.3, -0.25) is 4.79 Å². The van der Waals surface area contributed by atoms with Gasteiger partial charge in [0.15, 0.2) is 0 Å². The van der Waals surface area contributed by atoms with Crippen LogP contribution in [-0.2, 0) is 4.79 Å². The summed E-state index contributed by atoms with van der Waals surface area (Å²) in [5.74, 6) is -0.0332. The maximum Gasteiger partial charge on any atom is 0.246 e. The van der Waals surface area contributed by atoms with E-state index in [2.05, 4.69) is 0 Å². The minimum atomic E-state index is -0.0332. The van der Waals surface area contributed by atoms with Crippen molar-refractivity contribution in [2.75, 3.05) is 19.8 Å². The number of anilines is 1. The first-order valence-corrected chi connectivity index (χ1v) is 4.76. The number of amides is 1. The fourth-order valence-electron chi connectivity index (χ4n) is 1.08. The highest BCUT2D eigenvalue weighted by Gasteiger charge is 1.97. The van der Waals surface area contributed by atoms with Crippen LogP contribution in [0.2, 0.25) is 0 Å². The maximum absolute atomic E-state index is 11.3. The molecule has 0 saturated carbocycles. The quantitative estimate of drug-likeness (QED) is 0.588. The summed E-state index contributed by atoms with van der Waals surface area (Å²) in [6.07, 6.45) is 3.29. The number of carbonyl (C=O) groups excluding carboxylic acids is 1. The Kier molecular flexibility index (Phi) is 3.50. The smallest absolute Gasteiger partial charge is 0.246 e. The Labute approximate surface area is 90.2 Å². The fourth-order valence-corrected chi connectivity index (χ4v) is 1.08. The number of aryl methyl sites for hydroxylation is 1. The molecular formula is C12H16N2O. The normalized spacial score (nSPS) is 10.6. The molecule has 0 heterocycles. The SMILES string of the molecule is Cc1ccc(/C=C/C(=O)N(C)C)cc1N. The largest absolute Gasteiger partial charge is 0.398 e. The molecule has 0 aliphatic heterocycles. The standard InChI is InChI=1S/C12H16N2O/c1-9-4-5-10(8-11(9)13)6-7-12(15)14(2)3/h4-8H,13H2,1-3H3/b7-6+. The van der Waals surface area contributed by atoms with Crippen molar-refractivity contribution >= 4 is 17.7 Å². The number of hydrogen-bond acceptors (Lipinski definition) is 2. The van der Waals surface area contributed by atoms with Crippen LogP contribution in [0.3, 0.4) is 0 Å². The average molecular weight is 204 g/mol. The Morgan fingerprint density at radius 2 is 2.07 bits per heavy atom. The summed E-state index contributed by atoms with van der Waals surface area (Å²) >= 11 is 0. The second-order valence-electron chi connectivity index (χ2n) is 3.68. The first-order chi connectivity index (χ1) is 7.00. The van der Waals surface area contributed by atoms with E-state index in [0.29, 0.717) is 0 Å². The monoisotopic (exact) mass is 204 g/mol. The lowest BCUT2D eigenvalue weighted by Crippen LogP contribution is -2.18. The highest BCUT2D eigenvalue weighted by atomic mass is 16.2. The second kappa shape index (κ2) is 4.64. The summed E-state index contributed by atoms with van der Waals surface area (Å²) in [5, 5.41) is 0. The van der Waals surface area contributed by atoms with Crippen molar-refractivity contribution < 1.29 is 4.79 Å². The Morgan fingerprint density at radius 3 is 2.60 bits per heavy atom. The average Bonchev–Trinajstić information content (AvgIpc) is 2.19. The number of nitrogens with two attached hydrogens (primary N) is 1. The first kappa shape index (κ1) is 11.3. The van der Waals surface area contributed by atoms with Crippen molar-refractivity contribution in [1.29, 1.82) is 0 Å². The van der Waals surface area contributed by atoms with Gasteiger partial charge in [0.05, 0.1) is 0 Å². The molecule has 2 N–H and O–H groups in total. The van der Waals surface area contributed by atoms with Crippen LogP contribution in [0.1, 0.15) is 11.1 Å². The lowest BCUT2D eigenvalue weighted by molar-refractivity contribution is -0.123. The Bertz CT molecular complexity index is 395. The number of rotatable bonds is 2. The van der Waals surface area contributed by atoms with E-state index in [1.54, 1.807) is 20.2 Å². The van der Waals surface area contributed by atoms with Crippen molar-refractivity contribution in [2.24, 2.45) is 0 Å².